The Balaban J connectivity index is 1.81. The number of rotatable bonds is 5. The van der Waals surface area contributed by atoms with Gasteiger partial charge in [0.05, 0.1) is 19.2 Å². The number of aryl methyl sites for hydroxylation is 2. The van der Waals surface area contributed by atoms with Crippen LogP contribution in [0.15, 0.2) is 42.5 Å². The number of amides is 1. The average Bonchev–Trinajstić information content (AvgIpc) is 2.67. The first kappa shape index (κ1) is 19.9. The normalized spacial score (nSPS) is 19.3. The minimum atomic E-state index is -1.03. The molecular weight excluding hydrogens is 358 g/mol. The maximum Gasteiger partial charge on any atom is 0.341 e. The van der Waals surface area contributed by atoms with Crippen LogP contribution < -0.4 is 4.74 Å². The summed E-state index contributed by atoms with van der Waals surface area (Å²) in [5.74, 6) is -0.586. The Hall–Kier alpha value is -2.86. The molecule has 1 fully saturated rings. The molecule has 3 rings (SSSR count). The van der Waals surface area contributed by atoms with Crippen molar-refractivity contribution in [1.29, 1.82) is 0 Å². The Bertz CT molecular complexity index is 841. The standard InChI is InChI=1S/C22H25NO5/c1-14-9-18(10-15(2)21(14)28-13-20(24)25)22(26)23-11-19(27-12-16(23)3)17-7-5-4-6-8-17/h4-10,16,19H,11-13H2,1-3H3,(H,24,25). The third-order valence-electron chi connectivity index (χ3n) is 4.91. The van der Waals surface area contributed by atoms with Crippen LogP contribution in [0.5, 0.6) is 5.75 Å². The lowest BCUT2D eigenvalue weighted by atomic mass is 10.0. The summed E-state index contributed by atoms with van der Waals surface area (Å²) in [5, 5.41) is 8.82. The Morgan fingerprint density at radius 1 is 1.18 bits per heavy atom. The van der Waals surface area contributed by atoms with Gasteiger partial charge >= 0.3 is 5.97 Å². The maximum atomic E-state index is 13.2. The third kappa shape index (κ3) is 4.34. The molecule has 1 aliphatic heterocycles. The number of benzene rings is 2. The number of carboxylic acid groups (broad SMARTS) is 1. The van der Waals surface area contributed by atoms with Crippen LogP contribution in [0.2, 0.25) is 0 Å². The second-order valence-corrected chi connectivity index (χ2v) is 7.16. The third-order valence-corrected chi connectivity index (χ3v) is 4.91. The number of carbonyl (C=O) groups is 2. The number of aliphatic carboxylic acids is 1. The summed E-state index contributed by atoms with van der Waals surface area (Å²) in [6, 6.07) is 13.4. The molecule has 6 heteroatoms. The van der Waals surface area contributed by atoms with Gasteiger partial charge in [-0.3, -0.25) is 4.79 Å². The van der Waals surface area contributed by atoms with E-state index in [1.807, 2.05) is 56.0 Å². The fourth-order valence-corrected chi connectivity index (χ4v) is 3.51. The van der Waals surface area contributed by atoms with Gasteiger partial charge in [-0.25, -0.2) is 4.79 Å². The Morgan fingerprint density at radius 3 is 2.43 bits per heavy atom. The SMILES string of the molecule is Cc1cc(C(=O)N2CC(c3ccccc3)OCC2C)cc(C)c1OCC(=O)O. The maximum absolute atomic E-state index is 13.2. The highest BCUT2D eigenvalue weighted by Gasteiger charge is 2.31. The van der Waals surface area contributed by atoms with E-state index in [-0.39, 0.29) is 18.1 Å². The summed E-state index contributed by atoms with van der Waals surface area (Å²) in [6.07, 6.45) is -0.151. The first-order valence-corrected chi connectivity index (χ1v) is 9.30. The van der Waals surface area contributed by atoms with Crippen molar-refractivity contribution in [2.45, 2.75) is 32.9 Å². The highest BCUT2D eigenvalue weighted by Crippen LogP contribution is 2.29. The molecule has 2 aromatic rings. The van der Waals surface area contributed by atoms with E-state index in [9.17, 15) is 9.59 Å². The highest BCUT2D eigenvalue weighted by atomic mass is 16.5. The molecule has 1 aliphatic rings. The summed E-state index contributed by atoms with van der Waals surface area (Å²) in [7, 11) is 0. The number of hydrogen-bond donors (Lipinski definition) is 1. The van der Waals surface area contributed by atoms with Gasteiger partial charge in [0.2, 0.25) is 0 Å². The quantitative estimate of drug-likeness (QED) is 0.857. The summed E-state index contributed by atoms with van der Waals surface area (Å²) in [4.78, 5) is 25.8. The van der Waals surface area contributed by atoms with Gasteiger partial charge in [-0.2, -0.15) is 0 Å². The molecule has 0 bridgehead atoms. The lowest BCUT2D eigenvalue weighted by Crippen LogP contribution is -2.48. The van der Waals surface area contributed by atoms with E-state index in [2.05, 4.69) is 0 Å². The van der Waals surface area contributed by atoms with Gasteiger partial charge in [-0.1, -0.05) is 30.3 Å². The minimum Gasteiger partial charge on any atom is -0.481 e. The molecule has 1 N–H and O–H groups in total. The molecule has 0 saturated carbocycles. The van der Waals surface area contributed by atoms with Gasteiger partial charge < -0.3 is 19.5 Å². The summed E-state index contributed by atoms with van der Waals surface area (Å²) in [5.41, 5.74) is 3.10. The largest absolute Gasteiger partial charge is 0.481 e. The van der Waals surface area contributed by atoms with Crippen LogP contribution in [0, 0.1) is 13.8 Å². The molecule has 148 valence electrons. The molecule has 0 aromatic heterocycles. The smallest absolute Gasteiger partial charge is 0.341 e. The van der Waals surface area contributed by atoms with Crippen LogP contribution in [-0.2, 0) is 9.53 Å². The van der Waals surface area contributed by atoms with E-state index in [0.29, 0.717) is 24.5 Å². The molecule has 1 heterocycles. The zero-order valence-corrected chi connectivity index (χ0v) is 16.3. The van der Waals surface area contributed by atoms with Crippen molar-refractivity contribution < 1.29 is 24.2 Å². The zero-order chi connectivity index (χ0) is 20.3. The van der Waals surface area contributed by atoms with Gasteiger partial charge in [0, 0.05) is 5.56 Å². The van der Waals surface area contributed by atoms with E-state index in [4.69, 9.17) is 14.6 Å². The average molecular weight is 383 g/mol. The first-order chi connectivity index (χ1) is 13.4. The van der Waals surface area contributed by atoms with Gasteiger partial charge in [-0.05, 0) is 49.6 Å². The molecule has 28 heavy (non-hydrogen) atoms. The second-order valence-electron chi connectivity index (χ2n) is 7.16. The molecular formula is C22H25NO5. The van der Waals surface area contributed by atoms with E-state index < -0.39 is 12.6 Å². The number of ether oxygens (including phenoxy) is 2. The van der Waals surface area contributed by atoms with E-state index in [0.717, 1.165) is 16.7 Å². The summed E-state index contributed by atoms with van der Waals surface area (Å²) in [6.45, 7) is 6.16. The molecule has 0 aliphatic carbocycles. The highest BCUT2D eigenvalue weighted by molar-refractivity contribution is 5.95. The van der Waals surface area contributed by atoms with Gasteiger partial charge in [0.1, 0.15) is 11.9 Å². The molecule has 1 saturated heterocycles. The Kier molecular flexibility index (Phi) is 5.99. The molecule has 1 amide bonds. The molecule has 6 nitrogen and oxygen atoms in total. The fraction of sp³-hybridized carbons (Fsp3) is 0.364. The molecule has 0 radical (unpaired) electrons. The monoisotopic (exact) mass is 383 g/mol. The van der Waals surface area contributed by atoms with E-state index in [1.54, 1.807) is 12.1 Å². The van der Waals surface area contributed by atoms with Gasteiger partial charge in [0.25, 0.3) is 5.91 Å². The van der Waals surface area contributed by atoms with Crippen LogP contribution in [0.25, 0.3) is 0 Å². The van der Waals surface area contributed by atoms with Gasteiger partial charge in [-0.15, -0.1) is 0 Å². The number of morpholine rings is 1. The lowest BCUT2D eigenvalue weighted by molar-refractivity contribution is -0.139. The van der Waals surface area contributed by atoms with Crippen LogP contribution in [-0.4, -0.2) is 47.7 Å². The predicted molar refractivity (Wildman–Crippen MR) is 105 cm³/mol. The van der Waals surface area contributed by atoms with Crippen LogP contribution in [0.1, 0.15) is 40.1 Å². The van der Waals surface area contributed by atoms with Crippen LogP contribution in [0.3, 0.4) is 0 Å². The molecule has 2 unspecified atom stereocenters. The number of carbonyl (C=O) groups excluding carboxylic acids is 1. The van der Waals surface area contributed by atoms with Crippen molar-refractivity contribution in [3.63, 3.8) is 0 Å². The topological polar surface area (TPSA) is 76.1 Å². The van der Waals surface area contributed by atoms with Gasteiger partial charge in [0.15, 0.2) is 6.61 Å². The van der Waals surface area contributed by atoms with Crippen LogP contribution >= 0.6 is 0 Å². The number of hydrogen-bond acceptors (Lipinski definition) is 4. The summed E-state index contributed by atoms with van der Waals surface area (Å²) >= 11 is 0. The first-order valence-electron chi connectivity index (χ1n) is 9.30. The van der Waals surface area contributed by atoms with Crippen molar-refractivity contribution in [2.75, 3.05) is 19.8 Å². The molecule has 2 aromatic carbocycles. The predicted octanol–water partition coefficient (Wildman–Crippen LogP) is 3.37. The summed E-state index contributed by atoms with van der Waals surface area (Å²) < 4.78 is 11.3. The van der Waals surface area contributed by atoms with E-state index in [1.165, 1.54) is 0 Å². The van der Waals surface area contributed by atoms with Crippen molar-refractivity contribution in [2.24, 2.45) is 0 Å². The van der Waals surface area contributed by atoms with Crippen LogP contribution in [0.4, 0.5) is 0 Å². The van der Waals surface area contributed by atoms with E-state index >= 15 is 0 Å². The lowest BCUT2D eigenvalue weighted by Gasteiger charge is -2.38. The van der Waals surface area contributed by atoms with Crippen molar-refractivity contribution >= 4 is 11.9 Å². The van der Waals surface area contributed by atoms with Crippen molar-refractivity contribution in [1.82, 2.24) is 4.90 Å². The number of nitrogens with zero attached hydrogens (tertiary/aromatic N) is 1. The minimum absolute atomic E-state index is 0.0315. The second kappa shape index (κ2) is 8.44. The van der Waals surface area contributed by atoms with Crippen molar-refractivity contribution in [3.05, 3.63) is 64.7 Å². The fourth-order valence-electron chi connectivity index (χ4n) is 3.51. The Labute approximate surface area is 164 Å². The van der Waals surface area contributed by atoms with Crippen molar-refractivity contribution in [3.8, 4) is 5.75 Å². The molecule has 2 atom stereocenters. The zero-order valence-electron chi connectivity index (χ0n) is 16.3. The Morgan fingerprint density at radius 2 is 1.82 bits per heavy atom. The number of carboxylic acids is 1. The molecule has 0 spiro atoms.